The average molecular weight is 399 g/mol. The summed E-state index contributed by atoms with van der Waals surface area (Å²) in [5, 5.41) is 2.27. The van der Waals surface area contributed by atoms with E-state index in [4.69, 9.17) is 14.0 Å². The van der Waals surface area contributed by atoms with Crippen molar-refractivity contribution in [1.82, 2.24) is 5.32 Å². The van der Waals surface area contributed by atoms with Crippen molar-refractivity contribution in [2.45, 2.75) is 51.7 Å². The maximum Gasteiger partial charge on any atom is 0.493 e. The molecule has 0 aliphatic carbocycles. The van der Waals surface area contributed by atoms with Crippen LogP contribution in [-0.2, 0) is 24.4 Å². The summed E-state index contributed by atoms with van der Waals surface area (Å²) in [6, 6.07) is 3.79. The number of ether oxygens (including phenoxy) is 1. The third-order valence-electron chi connectivity index (χ3n) is 5.39. The van der Waals surface area contributed by atoms with Gasteiger partial charge in [0, 0.05) is 24.2 Å². The molecule has 1 aromatic carbocycles. The Hall–Kier alpha value is -1.58. The van der Waals surface area contributed by atoms with Crippen LogP contribution in [0.15, 0.2) is 18.2 Å². The van der Waals surface area contributed by atoms with Gasteiger partial charge in [0.15, 0.2) is 0 Å². The van der Waals surface area contributed by atoms with Gasteiger partial charge in [0.05, 0.1) is 0 Å². The van der Waals surface area contributed by atoms with Crippen LogP contribution in [0.5, 0.6) is 0 Å². The SMILES string of the molecule is CC1(C)COB(c2ccc(F)c([C@@]3(C)NC(=O)COC(C)(C)C3(F)F)c2)OC1. The molecule has 2 saturated heterocycles. The minimum absolute atomic E-state index is 0.172. The zero-order valence-corrected chi connectivity index (χ0v) is 16.7. The van der Waals surface area contributed by atoms with E-state index in [-0.39, 0.29) is 11.0 Å². The number of amides is 1. The van der Waals surface area contributed by atoms with Crippen LogP contribution in [0, 0.1) is 11.2 Å². The maximum absolute atomic E-state index is 15.4. The molecule has 0 spiro atoms. The summed E-state index contributed by atoms with van der Waals surface area (Å²) in [6.45, 7) is 7.71. The van der Waals surface area contributed by atoms with Gasteiger partial charge in [-0.2, -0.15) is 0 Å². The highest BCUT2D eigenvalue weighted by Gasteiger charge is 2.64. The van der Waals surface area contributed by atoms with Crippen molar-refractivity contribution in [2.75, 3.05) is 19.8 Å². The Morgan fingerprint density at radius 1 is 1.07 bits per heavy atom. The van der Waals surface area contributed by atoms with E-state index in [1.807, 2.05) is 13.8 Å². The minimum Gasteiger partial charge on any atom is -0.407 e. The Labute approximate surface area is 163 Å². The lowest BCUT2D eigenvalue weighted by Crippen LogP contribution is -2.62. The fourth-order valence-electron chi connectivity index (χ4n) is 3.53. The quantitative estimate of drug-likeness (QED) is 0.777. The molecule has 28 heavy (non-hydrogen) atoms. The van der Waals surface area contributed by atoms with Gasteiger partial charge >= 0.3 is 13.0 Å². The number of carbonyl (C=O) groups is 1. The van der Waals surface area contributed by atoms with E-state index >= 15 is 8.78 Å². The van der Waals surface area contributed by atoms with Crippen LogP contribution >= 0.6 is 0 Å². The van der Waals surface area contributed by atoms with Crippen LogP contribution in [-0.4, -0.2) is 44.4 Å². The summed E-state index contributed by atoms with van der Waals surface area (Å²) < 4.78 is 62.1. The summed E-state index contributed by atoms with van der Waals surface area (Å²) in [4.78, 5) is 12.1. The van der Waals surface area contributed by atoms with E-state index in [2.05, 4.69) is 5.32 Å². The molecule has 9 heteroatoms. The molecule has 0 bridgehead atoms. The molecule has 2 fully saturated rings. The molecule has 1 amide bonds. The topological polar surface area (TPSA) is 56.8 Å². The normalized spacial score (nSPS) is 29.1. The second-order valence-electron chi connectivity index (χ2n) is 8.90. The van der Waals surface area contributed by atoms with Crippen LogP contribution in [0.2, 0.25) is 0 Å². The third-order valence-corrected chi connectivity index (χ3v) is 5.39. The maximum atomic E-state index is 15.4. The van der Waals surface area contributed by atoms with Crippen molar-refractivity contribution in [3.05, 3.63) is 29.6 Å². The predicted octanol–water partition coefficient (Wildman–Crippen LogP) is 2.37. The summed E-state index contributed by atoms with van der Waals surface area (Å²) >= 11 is 0. The van der Waals surface area contributed by atoms with Crippen LogP contribution < -0.4 is 10.8 Å². The zero-order valence-electron chi connectivity index (χ0n) is 16.7. The molecule has 5 nitrogen and oxygen atoms in total. The monoisotopic (exact) mass is 399 g/mol. The van der Waals surface area contributed by atoms with Gasteiger partial charge in [-0.1, -0.05) is 26.0 Å². The zero-order chi connectivity index (χ0) is 21.0. The van der Waals surface area contributed by atoms with Crippen LogP contribution in [0.3, 0.4) is 0 Å². The molecule has 1 atom stereocenters. The molecule has 154 valence electrons. The van der Waals surface area contributed by atoms with Gasteiger partial charge < -0.3 is 19.4 Å². The second-order valence-corrected chi connectivity index (χ2v) is 8.90. The molecule has 1 aromatic rings. The largest absolute Gasteiger partial charge is 0.493 e. The van der Waals surface area contributed by atoms with E-state index in [9.17, 15) is 9.18 Å². The molecule has 0 aromatic heterocycles. The van der Waals surface area contributed by atoms with Crippen molar-refractivity contribution >= 4 is 18.5 Å². The van der Waals surface area contributed by atoms with Gasteiger partial charge in [0.1, 0.15) is 23.6 Å². The molecular weight excluding hydrogens is 374 g/mol. The standard InChI is InChI=1S/C19H25BF3NO4/c1-16(2)10-27-20(28-11-16)12-6-7-14(21)13(8-12)18(5)19(22,23)17(3,4)26-9-15(25)24-18/h6-8H,9-11H2,1-5H3,(H,24,25)/t18-/m1/s1. The van der Waals surface area contributed by atoms with Gasteiger partial charge in [-0.3, -0.25) is 4.79 Å². The third kappa shape index (κ3) is 3.44. The highest BCUT2D eigenvalue weighted by atomic mass is 19.3. The number of alkyl halides is 2. The lowest BCUT2D eigenvalue weighted by atomic mass is 9.71. The second kappa shape index (κ2) is 6.74. The Balaban J connectivity index is 2.05. The van der Waals surface area contributed by atoms with Crippen molar-refractivity contribution in [1.29, 1.82) is 0 Å². The van der Waals surface area contributed by atoms with Gasteiger partial charge in [-0.15, -0.1) is 0 Å². The molecular formula is C19H25BF3NO4. The van der Waals surface area contributed by atoms with E-state index in [1.54, 1.807) is 0 Å². The van der Waals surface area contributed by atoms with Crippen LogP contribution in [0.1, 0.15) is 40.2 Å². The molecule has 3 rings (SSSR count). The number of rotatable bonds is 2. The highest BCUT2D eigenvalue weighted by Crippen LogP contribution is 2.47. The van der Waals surface area contributed by atoms with Crippen molar-refractivity contribution in [3.63, 3.8) is 0 Å². The Morgan fingerprint density at radius 2 is 1.68 bits per heavy atom. The van der Waals surface area contributed by atoms with Crippen molar-refractivity contribution < 1.29 is 32.0 Å². The number of carbonyl (C=O) groups excluding carboxylic acids is 1. The average Bonchev–Trinajstić information content (AvgIpc) is 2.65. The molecule has 2 aliphatic rings. The number of hydrogen-bond acceptors (Lipinski definition) is 4. The number of halogens is 3. The van der Waals surface area contributed by atoms with Crippen molar-refractivity contribution in [3.8, 4) is 0 Å². The van der Waals surface area contributed by atoms with Gasteiger partial charge in [-0.05, 0) is 32.3 Å². The minimum atomic E-state index is -3.61. The summed E-state index contributed by atoms with van der Waals surface area (Å²) in [6.07, 6.45) is 0. The first-order chi connectivity index (χ1) is 12.8. The summed E-state index contributed by atoms with van der Waals surface area (Å²) in [5.74, 6) is -5.22. The molecule has 2 heterocycles. The molecule has 1 N–H and O–H groups in total. The van der Waals surface area contributed by atoms with Gasteiger partial charge in [-0.25, -0.2) is 13.2 Å². The van der Waals surface area contributed by atoms with Crippen LogP contribution in [0.4, 0.5) is 13.2 Å². The molecule has 0 radical (unpaired) electrons. The predicted molar refractivity (Wildman–Crippen MR) is 97.9 cm³/mol. The Kier molecular flexibility index (Phi) is 5.09. The van der Waals surface area contributed by atoms with E-state index in [0.29, 0.717) is 18.7 Å². The Morgan fingerprint density at radius 3 is 2.29 bits per heavy atom. The first kappa shape index (κ1) is 21.1. The van der Waals surface area contributed by atoms with E-state index < -0.39 is 42.5 Å². The van der Waals surface area contributed by atoms with Crippen LogP contribution in [0.25, 0.3) is 0 Å². The first-order valence-corrected chi connectivity index (χ1v) is 9.15. The fourth-order valence-corrected chi connectivity index (χ4v) is 3.53. The number of nitrogens with one attached hydrogen (secondary N) is 1. The number of hydrogen-bond donors (Lipinski definition) is 1. The first-order valence-electron chi connectivity index (χ1n) is 9.15. The molecule has 0 unspecified atom stereocenters. The lowest BCUT2D eigenvalue weighted by molar-refractivity contribution is -0.216. The van der Waals surface area contributed by atoms with E-state index in [0.717, 1.165) is 13.0 Å². The van der Waals surface area contributed by atoms with Crippen molar-refractivity contribution in [2.24, 2.45) is 5.41 Å². The Bertz CT molecular complexity index is 776. The highest BCUT2D eigenvalue weighted by molar-refractivity contribution is 6.61. The lowest BCUT2D eigenvalue weighted by Gasteiger charge is -2.43. The number of benzene rings is 1. The summed E-state index contributed by atoms with van der Waals surface area (Å²) in [7, 11) is -0.796. The smallest absolute Gasteiger partial charge is 0.407 e. The summed E-state index contributed by atoms with van der Waals surface area (Å²) in [5.41, 5.74) is -4.43. The molecule has 0 saturated carbocycles. The fraction of sp³-hybridized carbons (Fsp3) is 0.632. The molecule has 2 aliphatic heterocycles. The van der Waals surface area contributed by atoms with Gasteiger partial charge in [0.25, 0.3) is 0 Å². The van der Waals surface area contributed by atoms with Gasteiger partial charge in [0.2, 0.25) is 5.91 Å². The van der Waals surface area contributed by atoms with E-state index in [1.165, 1.54) is 26.0 Å².